The van der Waals surface area contributed by atoms with Crippen LogP contribution >= 0.6 is 27.5 Å². The summed E-state index contributed by atoms with van der Waals surface area (Å²) < 4.78 is 5.16. The monoisotopic (exact) mass is 849 g/mol. The van der Waals surface area contributed by atoms with Crippen molar-refractivity contribution in [3.05, 3.63) is 98.8 Å². The lowest BCUT2D eigenvalue weighted by Gasteiger charge is -2.39. The van der Waals surface area contributed by atoms with Crippen molar-refractivity contribution in [2.75, 3.05) is 52.4 Å². The van der Waals surface area contributed by atoms with Gasteiger partial charge in [0.15, 0.2) is 0 Å². The number of piperazine rings is 2. The number of imidazole rings is 2. The third kappa shape index (κ3) is 11.1. The van der Waals surface area contributed by atoms with Gasteiger partial charge in [-0.05, 0) is 97.2 Å². The number of pyridine rings is 1. The number of benzene rings is 1. The molecule has 0 bridgehead atoms. The third-order valence-corrected chi connectivity index (χ3v) is 11.5. The van der Waals surface area contributed by atoms with E-state index in [1.807, 2.05) is 43.3 Å². The number of fused-ring (bicyclic) bond motifs is 2. The van der Waals surface area contributed by atoms with Gasteiger partial charge in [0.25, 0.3) is 0 Å². The van der Waals surface area contributed by atoms with Crippen molar-refractivity contribution in [1.82, 2.24) is 55.1 Å². The van der Waals surface area contributed by atoms with E-state index in [4.69, 9.17) is 16.6 Å². The maximum atomic E-state index is 13.0. The number of rotatable bonds is 12. The Hall–Kier alpha value is -3.64. The van der Waals surface area contributed by atoms with Gasteiger partial charge < -0.3 is 40.2 Å². The third-order valence-electron chi connectivity index (χ3n) is 10.8. The van der Waals surface area contributed by atoms with Gasteiger partial charge in [-0.15, -0.1) is 0 Å². The minimum atomic E-state index is -0.508. The average molecular weight is 851 g/mol. The number of nitrogens with zero attached hydrogens (tertiary/aromatic N) is 7. The first-order chi connectivity index (χ1) is 27.1. The molecule has 5 N–H and O–H groups in total. The van der Waals surface area contributed by atoms with E-state index >= 15 is 0 Å². The SMILES string of the molecule is CB(O)N1CCN[C@@H](C(=O)NCCCn2ccnc2C)C1.Cc1nccn1CCCNC(=O)[C@H]1CN(C2c3ccc(Cl)cc3CCc3cc(Br)cnc32)CCN1. The van der Waals surface area contributed by atoms with Crippen LogP contribution in [0.2, 0.25) is 11.8 Å². The number of aryl methyl sites for hydroxylation is 6. The first kappa shape index (κ1) is 42.0. The van der Waals surface area contributed by atoms with Gasteiger partial charge in [-0.3, -0.25) is 19.5 Å². The van der Waals surface area contributed by atoms with Gasteiger partial charge >= 0.3 is 7.05 Å². The smallest absolute Gasteiger partial charge is 0.376 e. The van der Waals surface area contributed by atoms with E-state index in [1.165, 1.54) is 16.7 Å². The van der Waals surface area contributed by atoms with Crippen LogP contribution in [0.25, 0.3) is 0 Å². The molecule has 17 heteroatoms. The molecule has 300 valence electrons. The number of halogens is 2. The fourth-order valence-electron chi connectivity index (χ4n) is 7.70. The molecule has 5 heterocycles. The molecule has 1 unspecified atom stereocenters. The molecule has 3 atom stereocenters. The van der Waals surface area contributed by atoms with Crippen LogP contribution in [0.5, 0.6) is 0 Å². The van der Waals surface area contributed by atoms with Crippen LogP contribution in [0.15, 0.2) is 59.7 Å². The topological polar surface area (TPSA) is 158 Å². The van der Waals surface area contributed by atoms with Crippen LogP contribution in [-0.4, -0.2) is 122 Å². The maximum Gasteiger partial charge on any atom is 0.376 e. The molecular weight excluding hydrogens is 797 g/mol. The highest BCUT2D eigenvalue weighted by Crippen LogP contribution is 2.38. The summed E-state index contributed by atoms with van der Waals surface area (Å²) in [5, 5.41) is 23.0. The van der Waals surface area contributed by atoms with E-state index in [0.29, 0.717) is 26.2 Å². The fourth-order valence-corrected chi connectivity index (χ4v) is 8.27. The number of hydrogen-bond donors (Lipinski definition) is 5. The van der Waals surface area contributed by atoms with Gasteiger partial charge in [0.1, 0.15) is 11.6 Å². The second-order valence-corrected chi connectivity index (χ2v) is 16.1. The molecule has 7 rings (SSSR count). The van der Waals surface area contributed by atoms with Crippen molar-refractivity contribution in [2.24, 2.45) is 0 Å². The molecule has 56 heavy (non-hydrogen) atoms. The lowest BCUT2D eigenvalue weighted by atomic mass is 9.83. The Morgan fingerprint density at radius 1 is 0.893 bits per heavy atom. The summed E-state index contributed by atoms with van der Waals surface area (Å²) in [6.07, 6.45) is 13.0. The highest BCUT2D eigenvalue weighted by molar-refractivity contribution is 9.10. The highest BCUT2D eigenvalue weighted by Gasteiger charge is 2.35. The van der Waals surface area contributed by atoms with E-state index in [0.717, 1.165) is 91.8 Å². The van der Waals surface area contributed by atoms with Gasteiger partial charge in [-0.1, -0.05) is 17.7 Å². The summed E-state index contributed by atoms with van der Waals surface area (Å²) in [5.41, 5.74) is 4.81. The van der Waals surface area contributed by atoms with Crippen LogP contribution in [0, 0.1) is 13.8 Å². The lowest BCUT2D eigenvalue weighted by molar-refractivity contribution is -0.125. The number of amides is 2. The highest BCUT2D eigenvalue weighted by atomic mass is 79.9. The van der Waals surface area contributed by atoms with Crippen LogP contribution in [0.1, 0.15) is 52.9 Å². The quantitative estimate of drug-likeness (QED) is 0.106. The zero-order valence-electron chi connectivity index (χ0n) is 32.6. The predicted octanol–water partition coefficient (Wildman–Crippen LogP) is 2.75. The van der Waals surface area contributed by atoms with Gasteiger partial charge in [-0.25, -0.2) is 9.97 Å². The molecule has 3 aliphatic rings. The van der Waals surface area contributed by atoms with Crippen LogP contribution in [0.3, 0.4) is 0 Å². The Bertz CT molecular complexity index is 1870. The average Bonchev–Trinajstić information content (AvgIpc) is 3.77. The minimum Gasteiger partial charge on any atom is -0.437 e. The molecule has 2 aliphatic heterocycles. The van der Waals surface area contributed by atoms with Gasteiger partial charge in [0.05, 0.1) is 23.8 Å². The van der Waals surface area contributed by atoms with Crippen molar-refractivity contribution in [3.63, 3.8) is 0 Å². The van der Waals surface area contributed by atoms with Crippen molar-refractivity contribution >= 4 is 46.4 Å². The number of carbonyl (C=O) groups excluding carboxylic acids is 2. The summed E-state index contributed by atoms with van der Waals surface area (Å²) in [6.45, 7) is 12.9. The van der Waals surface area contributed by atoms with Gasteiger partial charge in [-0.2, -0.15) is 0 Å². The lowest BCUT2D eigenvalue weighted by Crippen LogP contribution is -2.59. The molecular formula is C39H54BBrClN11O3. The van der Waals surface area contributed by atoms with E-state index in [1.54, 1.807) is 19.2 Å². The van der Waals surface area contributed by atoms with Crippen LogP contribution < -0.4 is 21.3 Å². The summed E-state index contributed by atoms with van der Waals surface area (Å²) in [5.74, 6) is 2.03. The van der Waals surface area contributed by atoms with E-state index in [2.05, 4.69) is 79.4 Å². The first-order valence-corrected chi connectivity index (χ1v) is 20.8. The van der Waals surface area contributed by atoms with Crippen molar-refractivity contribution in [1.29, 1.82) is 0 Å². The molecule has 3 aromatic heterocycles. The van der Waals surface area contributed by atoms with Gasteiger partial charge in [0.2, 0.25) is 11.8 Å². The second kappa shape index (κ2) is 20.2. The molecule has 0 saturated carbocycles. The zero-order chi connectivity index (χ0) is 39.6. The van der Waals surface area contributed by atoms with E-state index in [9.17, 15) is 14.6 Å². The Morgan fingerprint density at radius 3 is 2.11 bits per heavy atom. The molecule has 14 nitrogen and oxygen atoms in total. The molecule has 1 aliphatic carbocycles. The Kier molecular flexibility index (Phi) is 15.1. The number of hydrogen-bond acceptors (Lipinski definition) is 10. The molecule has 2 fully saturated rings. The molecule has 0 spiro atoms. The molecule has 0 radical (unpaired) electrons. The Morgan fingerprint density at radius 2 is 1.50 bits per heavy atom. The summed E-state index contributed by atoms with van der Waals surface area (Å²) in [6, 6.07) is 7.84. The zero-order valence-corrected chi connectivity index (χ0v) is 34.9. The van der Waals surface area contributed by atoms with Crippen LogP contribution in [-0.2, 0) is 35.5 Å². The largest absolute Gasteiger partial charge is 0.437 e. The normalized spacial score (nSPS) is 19.9. The van der Waals surface area contributed by atoms with E-state index < -0.39 is 7.05 Å². The van der Waals surface area contributed by atoms with Crippen LogP contribution in [0.4, 0.5) is 0 Å². The Balaban J connectivity index is 0.000000217. The van der Waals surface area contributed by atoms with Crippen molar-refractivity contribution < 1.29 is 14.6 Å². The standard InChI is InChI=1S/C26H30BrClN6O.C13H24BN5O2/c1-17-29-8-11-33(17)10-2-7-31-26(35)23-16-34(12-9-30-23)25-22-6-5-21(28)14-18(22)3-4-19-13-20(27)15-32-24(19)25;1-11-15-5-8-18(11)7-3-4-17-13(20)12-10-19(14(2)21)9-6-16-12/h5-6,8,11,13-15,23,25,30H,2-4,7,9-10,12,16H2,1H3,(H,31,35);5,8,12,16,21H,3-4,6-7,9-10H2,1-2H3,(H,17,20)/t23-,25?;12-/m11/s1. The molecule has 4 aromatic rings. The molecule has 2 saturated heterocycles. The number of aromatic nitrogens is 5. The number of nitrogens with one attached hydrogen (secondary N) is 4. The number of carbonyl (C=O) groups is 2. The second-order valence-electron chi connectivity index (χ2n) is 14.7. The minimum absolute atomic E-state index is 0.00250. The fraction of sp³-hybridized carbons (Fsp3) is 0.513. The molecule has 1 aromatic carbocycles. The molecule has 2 amide bonds. The van der Waals surface area contributed by atoms with E-state index in [-0.39, 0.29) is 29.9 Å². The first-order valence-electron chi connectivity index (χ1n) is 19.6. The Labute approximate surface area is 343 Å². The summed E-state index contributed by atoms with van der Waals surface area (Å²) >= 11 is 9.95. The van der Waals surface area contributed by atoms with Gasteiger partial charge in [0, 0.05) is 106 Å². The van der Waals surface area contributed by atoms with Crippen molar-refractivity contribution in [3.8, 4) is 0 Å². The maximum absolute atomic E-state index is 13.0. The summed E-state index contributed by atoms with van der Waals surface area (Å²) in [4.78, 5) is 42.7. The van der Waals surface area contributed by atoms with Crippen molar-refractivity contribution in [2.45, 2.75) is 77.6 Å². The predicted molar refractivity (Wildman–Crippen MR) is 222 cm³/mol. The summed E-state index contributed by atoms with van der Waals surface area (Å²) in [7, 11) is -0.508.